The monoisotopic (exact) mass is 382 g/mol. The van der Waals surface area contributed by atoms with Crippen molar-refractivity contribution in [2.45, 2.75) is 40.2 Å². The number of ether oxygens (including phenoxy) is 1. The third-order valence-corrected chi connectivity index (χ3v) is 4.62. The smallest absolute Gasteiger partial charge is 0.170 e. The van der Waals surface area contributed by atoms with E-state index >= 15 is 0 Å². The first kappa shape index (κ1) is 20.1. The summed E-state index contributed by atoms with van der Waals surface area (Å²) in [6, 6.07) is 4.36. The summed E-state index contributed by atoms with van der Waals surface area (Å²) >= 11 is 0. The van der Waals surface area contributed by atoms with Crippen molar-refractivity contribution in [3.63, 3.8) is 0 Å². The van der Waals surface area contributed by atoms with Gasteiger partial charge in [-0.25, -0.2) is 9.67 Å². The van der Waals surface area contributed by atoms with E-state index in [-0.39, 0.29) is 0 Å². The molecule has 0 spiro atoms. The van der Waals surface area contributed by atoms with Gasteiger partial charge in [0.2, 0.25) is 0 Å². The van der Waals surface area contributed by atoms with Crippen LogP contribution in [0.15, 0.2) is 24.5 Å². The molecule has 28 heavy (non-hydrogen) atoms. The van der Waals surface area contributed by atoms with Gasteiger partial charge < -0.3 is 9.64 Å². The summed E-state index contributed by atoms with van der Waals surface area (Å²) in [5.74, 6) is 2.38. The maximum Gasteiger partial charge on any atom is 0.170 e. The number of hydrogen-bond donors (Lipinski definition) is 0. The molecule has 150 valence electrons. The van der Waals surface area contributed by atoms with Crippen LogP contribution < -0.4 is 4.74 Å². The first-order valence-corrected chi connectivity index (χ1v) is 9.62. The second-order valence-corrected chi connectivity index (χ2v) is 7.65. The molecule has 3 rings (SSSR count). The summed E-state index contributed by atoms with van der Waals surface area (Å²) in [4.78, 5) is 6.97. The Kier molecular flexibility index (Phi) is 6.14. The van der Waals surface area contributed by atoms with Crippen molar-refractivity contribution < 1.29 is 4.74 Å². The number of aryl methyl sites for hydroxylation is 5. The standard InChI is InChI=1S/C21H30N6O/c1-15-10-16(2)21(17(3)11-15)27-20(14-28-18-12-22-26(6)13-18)23-19(24-27)8-7-9-25(4)5/h10-13H,7-9,14H2,1-6H3. The van der Waals surface area contributed by atoms with Gasteiger partial charge in [0.25, 0.3) is 0 Å². The van der Waals surface area contributed by atoms with E-state index in [2.05, 4.69) is 57.0 Å². The lowest BCUT2D eigenvalue weighted by molar-refractivity contribution is 0.292. The lowest BCUT2D eigenvalue weighted by Gasteiger charge is -2.13. The van der Waals surface area contributed by atoms with Crippen LogP contribution in [0.25, 0.3) is 5.69 Å². The van der Waals surface area contributed by atoms with E-state index in [0.717, 1.165) is 42.5 Å². The Morgan fingerprint density at radius 3 is 2.43 bits per heavy atom. The summed E-state index contributed by atoms with van der Waals surface area (Å²) < 4.78 is 9.59. The fourth-order valence-corrected chi connectivity index (χ4v) is 3.45. The molecular formula is C21H30N6O. The molecule has 3 aromatic rings. The fourth-order valence-electron chi connectivity index (χ4n) is 3.45. The molecule has 0 fully saturated rings. The maximum atomic E-state index is 5.92. The van der Waals surface area contributed by atoms with Crippen molar-refractivity contribution in [2.75, 3.05) is 20.6 Å². The topological polar surface area (TPSA) is 61.0 Å². The number of rotatable bonds is 8. The number of hydrogen-bond acceptors (Lipinski definition) is 5. The van der Waals surface area contributed by atoms with Crippen LogP contribution in [0.3, 0.4) is 0 Å². The Labute approximate surface area is 167 Å². The number of aromatic nitrogens is 5. The Morgan fingerprint density at radius 2 is 1.82 bits per heavy atom. The first-order valence-electron chi connectivity index (χ1n) is 9.62. The summed E-state index contributed by atoms with van der Waals surface area (Å²) in [6.07, 6.45) is 5.42. The number of nitrogens with zero attached hydrogens (tertiary/aromatic N) is 6. The molecule has 0 unspecified atom stereocenters. The van der Waals surface area contributed by atoms with E-state index < -0.39 is 0 Å². The zero-order valence-corrected chi connectivity index (χ0v) is 17.7. The molecule has 7 heteroatoms. The zero-order valence-electron chi connectivity index (χ0n) is 17.7. The minimum atomic E-state index is 0.346. The Bertz CT molecular complexity index is 917. The Balaban J connectivity index is 1.90. The van der Waals surface area contributed by atoms with Gasteiger partial charge in [0.1, 0.15) is 6.61 Å². The highest BCUT2D eigenvalue weighted by atomic mass is 16.5. The highest BCUT2D eigenvalue weighted by Crippen LogP contribution is 2.23. The molecule has 0 aliphatic heterocycles. The Hall–Kier alpha value is -2.67. The minimum Gasteiger partial charge on any atom is -0.482 e. The molecule has 0 atom stereocenters. The van der Waals surface area contributed by atoms with Crippen molar-refractivity contribution in [3.8, 4) is 11.4 Å². The lowest BCUT2D eigenvalue weighted by Crippen LogP contribution is -2.13. The lowest BCUT2D eigenvalue weighted by atomic mass is 10.1. The average molecular weight is 383 g/mol. The molecule has 1 aromatic carbocycles. The van der Waals surface area contributed by atoms with Crippen molar-refractivity contribution in [1.29, 1.82) is 0 Å². The van der Waals surface area contributed by atoms with Crippen molar-refractivity contribution in [2.24, 2.45) is 7.05 Å². The predicted octanol–water partition coefficient (Wildman–Crippen LogP) is 3.00. The third-order valence-electron chi connectivity index (χ3n) is 4.62. The van der Waals surface area contributed by atoms with E-state index in [4.69, 9.17) is 14.8 Å². The molecule has 0 aliphatic rings. The number of benzene rings is 1. The highest BCUT2D eigenvalue weighted by molar-refractivity contribution is 5.49. The van der Waals surface area contributed by atoms with Gasteiger partial charge in [-0.15, -0.1) is 0 Å². The van der Waals surface area contributed by atoms with E-state index in [1.54, 1.807) is 10.9 Å². The van der Waals surface area contributed by atoms with Crippen LogP contribution in [0.2, 0.25) is 0 Å². The largest absolute Gasteiger partial charge is 0.482 e. The SMILES string of the molecule is Cc1cc(C)c(-n2nc(CCCN(C)C)nc2COc2cnn(C)c2)c(C)c1. The molecule has 0 radical (unpaired) electrons. The third kappa shape index (κ3) is 4.78. The van der Waals surface area contributed by atoms with Crippen LogP contribution in [-0.2, 0) is 20.1 Å². The van der Waals surface area contributed by atoms with Gasteiger partial charge in [0, 0.05) is 13.5 Å². The van der Waals surface area contributed by atoms with E-state index in [1.165, 1.54) is 16.7 Å². The molecule has 0 N–H and O–H groups in total. The van der Waals surface area contributed by atoms with Crippen molar-refractivity contribution in [3.05, 3.63) is 52.9 Å². The summed E-state index contributed by atoms with van der Waals surface area (Å²) in [7, 11) is 6.04. The van der Waals surface area contributed by atoms with E-state index in [0.29, 0.717) is 6.61 Å². The van der Waals surface area contributed by atoms with Crippen LogP contribution in [-0.4, -0.2) is 50.1 Å². The molecule has 0 aliphatic carbocycles. The molecule has 7 nitrogen and oxygen atoms in total. The van der Waals surface area contributed by atoms with Crippen molar-refractivity contribution in [1.82, 2.24) is 29.4 Å². The average Bonchev–Trinajstić information content (AvgIpc) is 3.18. The van der Waals surface area contributed by atoms with E-state index in [1.807, 2.05) is 17.9 Å². The molecule has 2 heterocycles. The van der Waals surface area contributed by atoms with Gasteiger partial charge in [-0.2, -0.15) is 10.2 Å². The van der Waals surface area contributed by atoms with Crippen LogP contribution in [0, 0.1) is 20.8 Å². The van der Waals surface area contributed by atoms with Crippen LogP contribution in [0.5, 0.6) is 5.75 Å². The second kappa shape index (κ2) is 8.56. The quantitative estimate of drug-likeness (QED) is 0.599. The zero-order chi connectivity index (χ0) is 20.3. The predicted molar refractivity (Wildman–Crippen MR) is 110 cm³/mol. The first-order chi connectivity index (χ1) is 13.3. The van der Waals surface area contributed by atoms with Gasteiger partial charge >= 0.3 is 0 Å². The van der Waals surface area contributed by atoms with Gasteiger partial charge in [-0.3, -0.25) is 4.68 Å². The van der Waals surface area contributed by atoms with E-state index in [9.17, 15) is 0 Å². The normalized spacial score (nSPS) is 11.4. The molecule has 0 saturated carbocycles. The minimum absolute atomic E-state index is 0.346. The van der Waals surface area contributed by atoms with Crippen molar-refractivity contribution >= 4 is 0 Å². The van der Waals surface area contributed by atoms with Crippen LogP contribution >= 0.6 is 0 Å². The summed E-state index contributed by atoms with van der Waals surface area (Å²) in [5, 5.41) is 8.99. The second-order valence-electron chi connectivity index (χ2n) is 7.65. The molecule has 0 bridgehead atoms. The summed E-state index contributed by atoms with van der Waals surface area (Å²) in [6.45, 7) is 7.71. The molecule has 2 aromatic heterocycles. The molecule has 0 amide bonds. The fraction of sp³-hybridized carbons (Fsp3) is 0.476. The van der Waals surface area contributed by atoms with Gasteiger partial charge in [0.15, 0.2) is 17.4 Å². The summed E-state index contributed by atoms with van der Waals surface area (Å²) in [5.41, 5.74) is 4.70. The van der Waals surface area contributed by atoms with Gasteiger partial charge in [0.05, 0.1) is 18.1 Å². The van der Waals surface area contributed by atoms with Crippen LogP contribution in [0.4, 0.5) is 0 Å². The Morgan fingerprint density at radius 1 is 1.11 bits per heavy atom. The van der Waals surface area contributed by atoms with Gasteiger partial charge in [-0.1, -0.05) is 17.7 Å². The van der Waals surface area contributed by atoms with Gasteiger partial charge in [-0.05, 0) is 59.0 Å². The maximum absolute atomic E-state index is 5.92. The van der Waals surface area contributed by atoms with Crippen LogP contribution in [0.1, 0.15) is 34.8 Å². The molecule has 0 saturated heterocycles. The molecular weight excluding hydrogens is 352 g/mol. The highest BCUT2D eigenvalue weighted by Gasteiger charge is 2.16.